The molecule has 6 nitrogen and oxygen atoms in total. The summed E-state index contributed by atoms with van der Waals surface area (Å²) in [4.78, 5) is 24.9. The fraction of sp³-hybridized carbons (Fsp3) is 0.429. The van der Waals surface area contributed by atoms with Crippen LogP contribution in [0.2, 0.25) is 0 Å². The molecule has 1 aliphatic heterocycles. The predicted molar refractivity (Wildman–Crippen MR) is 82.6 cm³/mol. The van der Waals surface area contributed by atoms with Crippen LogP contribution in [0.5, 0.6) is 0 Å². The van der Waals surface area contributed by atoms with E-state index in [1.165, 1.54) is 0 Å². The molecule has 1 aromatic rings. The Morgan fingerprint density at radius 1 is 1.33 bits per heavy atom. The molecule has 0 spiro atoms. The molecule has 1 aromatic carbocycles. The van der Waals surface area contributed by atoms with Crippen molar-refractivity contribution in [1.29, 1.82) is 0 Å². The zero-order valence-electron chi connectivity index (χ0n) is 11.8. The zero-order chi connectivity index (χ0) is 15.6. The van der Waals surface area contributed by atoms with Crippen LogP contribution in [0.1, 0.15) is 12.8 Å². The summed E-state index contributed by atoms with van der Waals surface area (Å²) in [7, 11) is 3.76. The van der Waals surface area contributed by atoms with Gasteiger partial charge in [0, 0.05) is 18.6 Å². The van der Waals surface area contributed by atoms with Gasteiger partial charge < -0.3 is 20.1 Å². The lowest BCUT2D eigenvalue weighted by atomic mass is 10.2. The van der Waals surface area contributed by atoms with E-state index in [1.54, 1.807) is 6.07 Å². The second kappa shape index (κ2) is 6.44. The number of aliphatic carboxylic acids is 1. The average Bonchev–Trinajstić information content (AvgIpc) is 2.88. The summed E-state index contributed by atoms with van der Waals surface area (Å²) in [5, 5.41) is 11.7. The molecule has 0 bridgehead atoms. The number of halogens is 1. The highest BCUT2D eigenvalue weighted by Gasteiger charge is 2.34. The normalized spacial score (nSPS) is 21.1. The maximum Gasteiger partial charge on any atom is 0.332 e. The Labute approximate surface area is 131 Å². The Hall–Kier alpha value is -1.60. The monoisotopic (exact) mass is 356 g/mol. The molecule has 0 radical (unpaired) electrons. The lowest BCUT2D eigenvalue weighted by molar-refractivity contribution is -0.150. The molecule has 0 unspecified atom stereocenters. The van der Waals surface area contributed by atoms with Crippen LogP contribution >= 0.6 is 15.9 Å². The van der Waals surface area contributed by atoms with Crippen molar-refractivity contribution in [3.05, 3.63) is 22.7 Å². The molecule has 1 saturated heterocycles. The van der Waals surface area contributed by atoms with E-state index >= 15 is 0 Å². The molecule has 2 rings (SSSR count). The number of nitrogens with zero attached hydrogens (tertiary/aromatic N) is 1. The third-order valence-electron chi connectivity index (χ3n) is 3.29. The van der Waals surface area contributed by atoms with Crippen LogP contribution in [0.4, 0.5) is 11.4 Å². The van der Waals surface area contributed by atoms with E-state index in [9.17, 15) is 9.59 Å². The first-order chi connectivity index (χ1) is 9.88. The minimum absolute atomic E-state index is 0.319. The van der Waals surface area contributed by atoms with Crippen LogP contribution in [0.25, 0.3) is 0 Å². The third kappa shape index (κ3) is 3.74. The number of carbonyl (C=O) groups is 2. The molecule has 2 N–H and O–H groups in total. The second-order valence-electron chi connectivity index (χ2n) is 5.07. The molecule has 114 valence electrons. The maximum atomic E-state index is 12.2. The fourth-order valence-electron chi connectivity index (χ4n) is 2.22. The van der Waals surface area contributed by atoms with Gasteiger partial charge in [-0.05, 0) is 31.0 Å². The van der Waals surface area contributed by atoms with Gasteiger partial charge in [-0.2, -0.15) is 0 Å². The van der Waals surface area contributed by atoms with Gasteiger partial charge in [0.2, 0.25) is 0 Å². The molecule has 2 atom stereocenters. The van der Waals surface area contributed by atoms with Crippen molar-refractivity contribution in [2.75, 3.05) is 24.3 Å². The lowest BCUT2D eigenvalue weighted by Gasteiger charge is -2.19. The predicted octanol–water partition coefficient (Wildman–Crippen LogP) is 2.09. The van der Waals surface area contributed by atoms with Crippen molar-refractivity contribution >= 4 is 39.2 Å². The largest absolute Gasteiger partial charge is 0.479 e. The molecule has 7 heteroatoms. The number of amides is 1. The van der Waals surface area contributed by atoms with Gasteiger partial charge in [0.15, 0.2) is 6.10 Å². The average molecular weight is 357 g/mol. The molecule has 1 aliphatic rings. The molecule has 1 fully saturated rings. The van der Waals surface area contributed by atoms with Gasteiger partial charge in [-0.15, -0.1) is 0 Å². The van der Waals surface area contributed by atoms with Crippen molar-refractivity contribution < 1.29 is 19.4 Å². The molecule has 0 saturated carbocycles. The minimum Gasteiger partial charge on any atom is -0.479 e. The summed E-state index contributed by atoms with van der Waals surface area (Å²) in [6, 6.07) is 5.57. The van der Waals surface area contributed by atoms with Gasteiger partial charge in [0.05, 0.1) is 11.4 Å². The van der Waals surface area contributed by atoms with Crippen LogP contribution in [0.3, 0.4) is 0 Å². The van der Waals surface area contributed by atoms with Gasteiger partial charge in [-0.1, -0.05) is 15.9 Å². The molecule has 0 aliphatic carbocycles. The number of rotatable bonds is 4. The summed E-state index contributed by atoms with van der Waals surface area (Å²) in [6.45, 7) is 0. The molecule has 21 heavy (non-hydrogen) atoms. The van der Waals surface area contributed by atoms with Crippen molar-refractivity contribution in [2.24, 2.45) is 0 Å². The van der Waals surface area contributed by atoms with Crippen LogP contribution in [-0.2, 0) is 14.3 Å². The summed E-state index contributed by atoms with van der Waals surface area (Å²) >= 11 is 3.37. The highest BCUT2D eigenvalue weighted by Crippen LogP contribution is 2.29. The van der Waals surface area contributed by atoms with E-state index in [0.29, 0.717) is 18.5 Å². The van der Waals surface area contributed by atoms with Crippen LogP contribution in [0.15, 0.2) is 22.7 Å². The quantitative estimate of drug-likeness (QED) is 0.863. The SMILES string of the molecule is CN(C)c1ccc(Br)cc1NC(=O)[C@@H]1CC[C@H](C(=O)O)O1. The summed E-state index contributed by atoms with van der Waals surface area (Å²) in [5.41, 5.74) is 1.51. The Kier molecular flexibility index (Phi) is 4.84. The zero-order valence-corrected chi connectivity index (χ0v) is 13.4. The van der Waals surface area contributed by atoms with Gasteiger partial charge >= 0.3 is 5.97 Å². The number of nitrogens with one attached hydrogen (secondary N) is 1. The standard InChI is InChI=1S/C14H17BrN2O4/c1-17(2)10-4-3-8(15)7-9(10)16-13(18)11-5-6-12(21-11)14(19)20/h3-4,7,11-12H,5-6H2,1-2H3,(H,16,18)(H,19,20)/t11-,12+/m0/s1. The van der Waals surface area contributed by atoms with Crippen molar-refractivity contribution in [3.8, 4) is 0 Å². The Balaban J connectivity index is 2.10. The number of anilines is 2. The van der Waals surface area contributed by atoms with Gasteiger partial charge in [0.1, 0.15) is 6.10 Å². The minimum atomic E-state index is -1.03. The van der Waals surface area contributed by atoms with E-state index < -0.39 is 18.2 Å². The highest BCUT2D eigenvalue weighted by atomic mass is 79.9. The second-order valence-corrected chi connectivity index (χ2v) is 5.99. The van der Waals surface area contributed by atoms with Crippen molar-refractivity contribution in [3.63, 3.8) is 0 Å². The van der Waals surface area contributed by atoms with Gasteiger partial charge in [0.25, 0.3) is 5.91 Å². The first-order valence-corrected chi connectivity index (χ1v) is 7.34. The summed E-state index contributed by atoms with van der Waals surface area (Å²) in [5.74, 6) is -1.35. The molecule has 0 aromatic heterocycles. The Morgan fingerprint density at radius 2 is 2.00 bits per heavy atom. The number of benzene rings is 1. The smallest absolute Gasteiger partial charge is 0.332 e. The number of carboxylic acids is 1. The van der Waals surface area contributed by atoms with Crippen LogP contribution in [-0.4, -0.2) is 43.3 Å². The van der Waals surface area contributed by atoms with E-state index in [1.807, 2.05) is 31.1 Å². The topological polar surface area (TPSA) is 78.9 Å². The van der Waals surface area contributed by atoms with E-state index in [2.05, 4.69) is 21.2 Å². The summed E-state index contributed by atoms with van der Waals surface area (Å²) < 4.78 is 6.10. The van der Waals surface area contributed by atoms with Crippen LogP contribution < -0.4 is 10.2 Å². The van der Waals surface area contributed by atoms with Gasteiger partial charge in [-0.25, -0.2) is 4.79 Å². The van der Waals surface area contributed by atoms with Crippen molar-refractivity contribution in [2.45, 2.75) is 25.0 Å². The maximum absolute atomic E-state index is 12.2. The molecular formula is C14H17BrN2O4. The highest BCUT2D eigenvalue weighted by molar-refractivity contribution is 9.10. The molecular weight excluding hydrogens is 340 g/mol. The Bertz CT molecular complexity index is 562. The summed E-state index contributed by atoms with van der Waals surface area (Å²) in [6.07, 6.45) is -0.850. The van der Waals surface area contributed by atoms with Crippen molar-refractivity contribution in [1.82, 2.24) is 0 Å². The first-order valence-electron chi connectivity index (χ1n) is 6.54. The number of hydrogen-bond donors (Lipinski definition) is 2. The third-order valence-corrected chi connectivity index (χ3v) is 3.78. The van der Waals surface area contributed by atoms with Crippen LogP contribution in [0, 0.1) is 0 Å². The molecule has 1 heterocycles. The van der Waals surface area contributed by atoms with E-state index in [0.717, 1.165) is 10.2 Å². The number of hydrogen-bond acceptors (Lipinski definition) is 4. The lowest BCUT2D eigenvalue weighted by Crippen LogP contribution is -2.30. The van der Waals surface area contributed by atoms with E-state index in [4.69, 9.17) is 9.84 Å². The van der Waals surface area contributed by atoms with Gasteiger partial charge in [-0.3, -0.25) is 4.79 Å². The number of ether oxygens (including phenoxy) is 1. The van der Waals surface area contributed by atoms with E-state index in [-0.39, 0.29) is 5.91 Å². The first kappa shape index (κ1) is 15.8. The number of carboxylic acid groups (broad SMARTS) is 1. The fourth-order valence-corrected chi connectivity index (χ4v) is 2.58. The number of carbonyl (C=O) groups excluding carboxylic acids is 1. The Morgan fingerprint density at radius 3 is 2.57 bits per heavy atom. The molecule has 1 amide bonds.